The van der Waals surface area contributed by atoms with Gasteiger partial charge in [-0.3, -0.25) is 0 Å². The van der Waals surface area contributed by atoms with Crippen LogP contribution in [-0.4, -0.2) is 0 Å². The van der Waals surface area contributed by atoms with Crippen LogP contribution in [0.3, 0.4) is 0 Å². The van der Waals surface area contributed by atoms with E-state index in [0.717, 1.165) is 5.56 Å². The Morgan fingerprint density at radius 3 is 2.27 bits per heavy atom. The van der Waals surface area contributed by atoms with E-state index in [1.807, 2.05) is 19.1 Å². The zero-order chi connectivity index (χ0) is 8.48. The number of alkyl halides is 3. The number of hydrogen-bond acceptors (Lipinski definition) is 0. The van der Waals surface area contributed by atoms with E-state index in [9.17, 15) is 0 Å². The molecule has 59 valence electrons. The summed E-state index contributed by atoms with van der Waals surface area (Å²) in [5.41, 5.74) is 1.69. The third-order valence-electron chi connectivity index (χ3n) is 1.26. The minimum Gasteiger partial charge on any atom is -0.0784 e. The number of rotatable bonds is 0. The lowest BCUT2D eigenvalue weighted by atomic mass is 10.2. The molecule has 0 fully saturated rings. The molecule has 0 spiro atoms. The zero-order valence-electron chi connectivity index (χ0n) is 5.87. The van der Waals surface area contributed by atoms with Gasteiger partial charge in [-0.2, -0.15) is 0 Å². The van der Waals surface area contributed by atoms with Crippen molar-refractivity contribution in [2.24, 2.45) is 0 Å². The Morgan fingerprint density at radius 2 is 1.91 bits per heavy atom. The average molecular weight is 208 g/mol. The second kappa shape index (κ2) is 3.22. The van der Waals surface area contributed by atoms with Crippen LogP contribution in [0.15, 0.2) is 18.2 Å². The molecule has 1 aromatic rings. The lowest BCUT2D eigenvalue weighted by Crippen LogP contribution is -1.99. The molecule has 0 bridgehead atoms. The molecule has 0 saturated heterocycles. The fraction of sp³-hybridized carbons (Fsp3) is 0.250. The van der Waals surface area contributed by atoms with Crippen LogP contribution in [0.2, 0.25) is 0 Å². The quantitative estimate of drug-likeness (QED) is 0.571. The number of halogens is 3. The van der Waals surface area contributed by atoms with E-state index in [0.29, 0.717) is 5.56 Å². The molecule has 1 aromatic carbocycles. The van der Waals surface area contributed by atoms with Crippen molar-refractivity contribution in [2.75, 3.05) is 0 Å². The van der Waals surface area contributed by atoms with E-state index in [1.165, 1.54) is 0 Å². The van der Waals surface area contributed by atoms with Crippen LogP contribution >= 0.6 is 34.8 Å². The van der Waals surface area contributed by atoms with Crippen molar-refractivity contribution in [1.82, 2.24) is 0 Å². The third-order valence-corrected chi connectivity index (χ3v) is 1.91. The van der Waals surface area contributed by atoms with Crippen molar-refractivity contribution in [3.05, 3.63) is 35.4 Å². The van der Waals surface area contributed by atoms with Crippen molar-refractivity contribution in [2.45, 2.75) is 10.7 Å². The summed E-state index contributed by atoms with van der Waals surface area (Å²) >= 11 is 16.9. The molecule has 0 unspecified atom stereocenters. The lowest BCUT2D eigenvalue weighted by Gasteiger charge is -2.10. The Labute approximate surface area is 81.1 Å². The van der Waals surface area contributed by atoms with Gasteiger partial charge in [-0.25, -0.2) is 0 Å². The molecule has 1 rings (SSSR count). The molecule has 0 saturated carbocycles. The van der Waals surface area contributed by atoms with Gasteiger partial charge < -0.3 is 0 Å². The van der Waals surface area contributed by atoms with Gasteiger partial charge in [0.05, 0.1) is 0 Å². The molecule has 0 amide bonds. The Kier molecular flexibility index (Phi) is 2.69. The highest BCUT2D eigenvalue weighted by Gasteiger charge is 2.22. The minimum atomic E-state index is -1.33. The maximum absolute atomic E-state index is 5.64. The van der Waals surface area contributed by atoms with Gasteiger partial charge in [0, 0.05) is 5.56 Å². The van der Waals surface area contributed by atoms with Gasteiger partial charge in [0.2, 0.25) is 3.79 Å². The van der Waals surface area contributed by atoms with Crippen LogP contribution in [0, 0.1) is 13.0 Å². The fourth-order valence-electron chi connectivity index (χ4n) is 0.755. The Hall–Kier alpha value is 0.0900. The highest BCUT2D eigenvalue weighted by atomic mass is 35.6. The molecule has 0 nitrogen and oxygen atoms in total. The van der Waals surface area contributed by atoms with Gasteiger partial charge in [0.25, 0.3) is 0 Å². The maximum atomic E-state index is 5.64. The summed E-state index contributed by atoms with van der Waals surface area (Å²) in [5, 5.41) is 0. The Balaban J connectivity index is 3.06. The van der Waals surface area contributed by atoms with E-state index in [4.69, 9.17) is 34.8 Å². The van der Waals surface area contributed by atoms with Crippen LogP contribution in [0.5, 0.6) is 0 Å². The fourth-order valence-corrected chi connectivity index (χ4v) is 1.08. The summed E-state index contributed by atoms with van der Waals surface area (Å²) in [6.07, 6.45) is 0. The third kappa shape index (κ3) is 2.55. The minimum absolute atomic E-state index is 0.655. The summed E-state index contributed by atoms with van der Waals surface area (Å²) in [5.74, 6) is 0. The smallest absolute Gasteiger partial charge is 0.0784 e. The lowest BCUT2D eigenvalue weighted by molar-refractivity contribution is 1.22. The van der Waals surface area contributed by atoms with Crippen molar-refractivity contribution >= 4 is 34.8 Å². The van der Waals surface area contributed by atoms with Crippen LogP contribution in [-0.2, 0) is 3.79 Å². The van der Waals surface area contributed by atoms with Crippen molar-refractivity contribution in [1.29, 1.82) is 0 Å². The average Bonchev–Trinajstić information content (AvgIpc) is 1.86. The van der Waals surface area contributed by atoms with E-state index in [1.54, 1.807) is 6.07 Å². The first-order valence-corrected chi connectivity index (χ1v) is 4.18. The predicted octanol–water partition coefficient (Wildman–Crippen LogP) is 3.62. The van der Waals surface area contributed by atoms with E-state index < -0.39 is 3.79 Å². The maximum Gasteiger partial charge on any atom is 0.216 e. The Morgan fingerprint density at radius 1 is 1.27 bits per heavy atom. The SMILES string of the molecule is Cc1c[c]cc(C(Cl)(Cl)Cl)c1. The first-order valence-electron chi connectivity index (χ1n) is 3.05. The number of hydrogen-bond donors (Lipinski definition) is 0. The normalized spacial score (nSPS) is 11.6. The van der Waals surface area contributed by atoms with E-state index in [-0.39, 0.29) is 0 Å². The van der Waals surface area contributed by atoms with Gasteiger partial charge in [0.15, 0.2) is 0 Å². The highest BCUT2D eigenvalue weighted by Crippen LogP contribution is 2.37. The monoisotopic (exact) mass is 207 g/mol. The molecular weight excluding hydrogens is 202 g/mol. The largest absolute Gasteiger partial charge is 0.216 e. The molecule has 11 heavy (non-hydrogen) atoms. The van der Waals surface area contributed by atoms with Crippen LogP contribution < -0.4 is 0 Å². The predicted molar refractivity (Wildman–Crippen MR) is 49.3 cm³/mol. The highest BCUT2D eigenvalue weighted by molar-refractivity contribution is 6.66. The second-order valence-corrected chi connectivity index (χ2v) is 4.58. The molecule has 0 aliphatic heterocycles. The molecule has 1 radical (unpaired) electrons. The van der Waals surface area contributed by atoms with Gasteiger partial charge in [0.1, 0.15) is 0 Å². The summed E-state index contributed by atoms with van der Waals surface area (Å²) in [6.45, 7) is 1.93. The summed E-state index contributed by atoms with van der Waals surface area (Å²) < 4.78 is -1.33. The zero-order valence-corrected chi connectivity index (χ0v) is 8.13. The van der Waals surface area contributed by atoms with Gasteiger partial charge in [-0.15, -0.1) is 0 Å². The molecule has 3 heteroatoms. The van der Waals surface area contributed by atoms with E-state index in [2.05, 4.69) is 6.07 Å². The van der Waals surface area contributed by atoms with Crippen molar-refractivity contribution in [3.8, 4) is 0 Å². The first-order chi connectivity index (χ1) is 5.00. The number of benzene rings is 1. The van der Waals surface area contributed by atoms with Gasteiger partial charge in [-0.1, -0.05) is 52.5 Å². The summed E-state index contributed by atoms with van der Waals surface area (Å²) in [4.78, 5) is 0. The van der Waals surface area contributed by atoms with E-state index >= 15 is 0 Å². The van der Waals surface area contributed by atoms with Gasteiger partial charge in [-0.05, 0) is 19.1 Å². The van der Waals surface area contributed by atoms with Crippen molar-refractivity contribution in [3.63, 3.8) is 0 Å². The first kappa shape index (κ1) is 9.18. The van der Waals surface area contributed by atoms with Crippen molar-refractivity contribution < 1.29 is 0 Å². The molecule has 0 aliphatic carbocycles. The Bertz CT molecular complexity index is 250. The second-order valence-electron chi connectivity index (χ2n) is 2.30. The summed E-state index contributed by atoms with van der Waals surface area (Å²) in [7, 11) is 0. The van der Waals surface area contributed by atoms with Crippen LogP contribution in [0.25, 0.3) is 0 Å². The van der Waals surface area contributed by atoms with Gasteiger partial charge >= 0.3 is 0 Å². The summed E-state index contributed by atoms with van der Waals surface area (Å²) in [6, 6.07) is 8.21. The van der Waals surface area contributed by atoms with Crippen LogP contribution in [0.1, 0.15) is 11.1 Å². The van der Waals surface area contributed by atoms with Crippen LogP contribution in [0.4, 0.5) is 0 Å². The molecule has 0 heterocycles. The molecule has 0 N–H and O–H groups in total. The number of aryl methyl sites for hydroxylation is 1. The molecule has 0 atom stereocenters. The molecule has 0 aliphatic rings. The topological polar surface area (TPSA) is 0 Å². The molecular formula is C8H6Cl3. The standard InChI is InChI=1S/C8H6Cl3/c1-6-3-2-4-7(5-6)8(9,10)11/h3-5H,1H3. The molecule has 0 aromatic heterocycles.